The van der Waals surface area contributed by atoms with E-state index in [2.05, 4.69) is 20.2 Å². The van der Waals surface area contributed by atoms with Gasteiger partial charge in [0, 0.05) is 12.6 Å². The van der Waals surface area contributed by atoms with Crippen LogP contribution in [0.5, 0.6) is 5.75 Å². The van der Waals surface area contributed by atoms with Crippen LogP contribution in [0.4, 0.5) is 0 Å². The molecule has 6 nitrogen and oxygen atoms in total. The zero-order chi connectivity index (χ0) is 15.2. The van der Waals surface area contributed by atoms with Crippen molar-refractivity contribution < 1.29 is 9.53 Å². The Balaban J connectivity index is 1.55. The van der Waals surface area contributed by atoms with E-state index in [0.717, 1.165) is 29.2 Å². The number of fused-ring (bicyclic) bond motifs is 1. The Labute approximate surface area is 129 Å². The van der Waals surface area contributed by atoms with Crippen LogP contribution in [0.3, 0.4) is 0 Å². The molecule has 2 heterocycles. The van der Waals surface area contributed by atoms with Crippen molar-refractivity contribution in [2.24, 2.45) is 0 Å². The molecular weight excluding hydrogens is 280 g/mol. The number of rotatable bonds is 7. The second-order valence-corrected chi connectivity index (χ2v) is 5.61. The SMILES string of the molecule is O=CNCc1nc2ccc(OCCN3CCCCC3)cc2[nH]1. The molecule has 1 aliphatic heterocycles. The lowest BCUT2D eigenvalue weighted by molar-refractivity contribution is -0.109. The summed E-state index contributed by atoms with van der Waals surface area (Å²) >= 11 is 0. The van der Waals surface area contributed by atoms with E-state index in [9.17, 15) is 4.79 Å². The lowest BCUT2D eigenvalue weighted by atomic mass is 10.1. The number of imidazole rings is 1. The van der Waals surface area contributed by atoms with Crippen molar-refractivity contribution in [1.82, 2.24) is 20.2 Å². The molecule has 0 unspecified atom stereocenters. The Kier molecular flexibility index (Phi) is 4.90. The number of hydrogen-bond donors (Lipinski definition) is 2. The van der Waals surface area contributed by atoms with Crippen molar-refractivity contribution in [3.8, 4) is 5.75 Å². The Bertz CT molecular complexity index is 620. The molecule has 118 valence electrons. The quantitative estimate of drug-likeness (QED) is 0.763. The maximum atomic E-state index is 10.3. The second-order valence-electron chi connectivity index (χ2n) is 5.61. The van der Waals surface area contributed by atoms with Gasteiger partial charge in [-0.05, 0) is 38.1 Å². The molecule has 0 atom stereocenters. The Morgan fingerprint density at radius 2 is 2.18 bits per heavy atom. The number of H-pyrrole nitrogens is 1. The smallest absolute Gasteiger partial charge is 0.207 e. The molecule has 1 aliphatic rings. The monoisotopic (exact) mass is 302 g/mol. The molecule has 0 saturated carbocycles. The van der Waals surface area contributed by atoms with Crippen LogP contribution >= 0.6 is 0 Å². The number of piperidine rings is 1. The number of nitrogens with one attached hydrogen (secondary N) is 2. The number of hydrogen-bond acceptors (Lipinski definition) is 4. The summed E-state index contributed by atoms with van der Waals surface area (Å²) in [5.74, 6) is 1.59. The van der Waals surface area contributed by atoms with Gasteiger partial charge in [-0.1, -0.05) is 6.42 Å². The zero-order valence-corrected chi connectivity index (χ0v) is 12.7. The van der Waals surface area contributed by atoms with Crippen LogP contribution in [-0.4, -0.2) is 47.5 Å². The summed E-state index contributed by atoms with van der Waals surface area (Å²) in [5.41, 5.74) is 1.81. The predicted octanol–water partition coefficient (Wildman–Crippen LogP) is 1.67. The fourth-order valence-corrected chi connectivity index (χ4v) is 2.83. The van der Waals surface area contributed by atoms with Crippen molar-refractivity contribution >= 4 is 17.4 Å². The van der Waals surface area contributed by atoms with Crippen molar-refractivity contribution in [3.05, 3.63) is 24.0 Å². The molecule has 1 aromatic heterocycles. The van der Waals surface area contributed by atoms with Crippen molar-refractivity contribution in [1.29, 1.82) is 0 Å². The number of aromatic nitrogens is 2. The van der Waals surface area contributed by atoms with Crippen LogP contribution in [0.25, 0.3) is 11.0 Å². The van der Waals surface area contributed by atoms with E-state index < -0.39 is 0 Å². The largest absolute Gasteiger partial charge is 0.492 e. The highest BCUT2D eigenvalue weighted by molar-refractivity contribution is 5.76. The molecule has 2 N–H and O–H groups in total. The topological polar surface area (TPSA) is 70.2 Å². The third-order valence-corrected chi connectivity index (χ3v) is 3.98. The highest BCUT2D eigenvalue weighted by Crippen LogP contribution is 2.19. The molecule has 1 saturated heterocycles. The molecular formula is C16H22N4O2. The maximum Gasteiger partial charge on any atom is 0.207 e. The Morgan fingerprint density at radius 1 is 1.32 bits per heavy atom. The van der Waals surface area contributed by atoms with E-state index in [1.165, 1.54) is 32.4 Å². The summed E-state index contributed by atoms with van der Waals surface area (Å²) in [5, 5.41) is 2.60. The molecule has 3 rings (SSSR count). The molecule has 0 bridgehead atoms. The first kappa shape index (κ1) is 14.8. The van der Waals surface area contributed by atoms with Crippen LogP contribution in [0.1, 0.15) is 25.1 Å². The number of carbonyl (C=O) groups is 1. The van der Waals surface area contributed by atoms with Crippen molar-refractivity contribution in [2.45, 2.75) is 25.8 Å². The molecule has 0 aliphatic carbocycles. The lowest BCUT2D eigenvalue weighted by Crippen LogP contribution is -2.33. The minimum absolute atomic E-state index is 0.406. The number of ether oxygens (including phenoxy) is 1. The average molecular weight is 302 g/mol. The first-order valence-electron chi connectivity index (χ1n) is 7.86. The van der Waals surface area contributed by atoms with Crippen molar-refractivity contribution in [2.75, 3.05) is 26.2 Å². The summed E-state index contributed by atoms with van der Waals surface area (Å²) in [7, 11) is 0. The van der Waals surface area contributed by atoms with E-state index >= 15 is 0 Å². The number of benzene rings is 1. The minimum atomic E-state index is 0.406. The van der Waals surface area contributed by atoms with Gasteiger partial charge >= 0.3 is 0 Å². The lowest BCUT2D eigenvalue weighted by Gasteiger charge is -2.26. The van der Waals surface area contributed by atoms with Gasteiger partial charge in [-0.15, -0.1) is 0 Å². The van der Waals surface area contributed by atoms with Gasteiger partial charge < -0.3 is 15.0 Å². The fourth-order valence-electron chi connectivity index (χ4n) is 2.83. The van der Waals surface area contributed by atoms with E-state index in [1.54, 1.807) is 0 Å². The predicted molar refractivity (Wildman–Crippen MR) is 84.8 cm³/mol. The molecule has 6 heteroatoms. The summed E-state index contributed by atoms with van der Waals surface area (Å²) in [4.78, 5) is 20.4. The molecule has 0 spiro atoms. The maximum absolute atomic E-state index is 10.3. The third kappa shape index (κ3) is 3.76. The van der Waals surface area contributed by atoms with Crippen LogP contribution < -0.4 is 10.1 Å². The van der Waals surface area contributed by atoms with Crippen LogP contribution in [-0.2, 0) is 11.3 Å². The van der Waals surface area contributed by atoms with Gasteiger partial charge in [0.1, 0.15) is 18.2 Å². The van der Waals surface area contributed by atoms with E-state index in [0.29, 0.717) is 19.6 Å². The molecule has 2 aromatic rings. The molecule has 1 fully saturated rings. The third-order valence-electron chi connectivity index (χ3n) is 3.98. The van der Waals surface area contributed by atoms with Crippen LogP contribution in [0, 0.1) is 0 Å². The summed E-state index contributed by atoms with van der Waals surface area (Å²) < 4.78 is 5.85. The number of nitrogens with zero attached hydrogens (tertiary/aromatic N) is 2. The zero-order valence-electron chi connectivity index (χ0n) is 12.7. The Morgan fingerprint density at radius 3 is 3.00 bits per heavy atom. The highest BCUT2D eigenvalue weighted by Gasteiger charge is 2.10. The fraction of sp³-hybridized carbons (Fsp3) is 0.500. The van der Waals surface area contributed by atoms with E-state index in [-0.39, 0.29) is 0 Å². The standard InChI is InChI=1S/C16H22N4O2/c21-12-17-11-16-18-14-5-4-13(10-15(14)19-16)22-9-8-20-6-2-1-3-7-20/h4-5,10,12H,1-3,6-9,11H2,(H,17,21)(H,18,19). The second kappa shape index (κ2) is 7.26. The molecule has 0 radical (unpaired) electrons. The number of aromatic amines is 1. The van der Waals surface area contributed by atoms with Crippen LogP contribution in [0.2, 0.25) is 0 Å². The molecule has 1 amide bonds. The van der Waals surface area contributed by atoms with Gasteiger partial charge in [-0.25, -0.2) is 4.98 Å². The summed E-state index contributed by atoms with van der Waals surface area (Å²) in [6.07, 6.45) is 4.63. The van der Waals surface area contributed by atoms with Crippen molar-refractivity contribution in [3.63, 3.8) is 0 Å². The average Bonchev–Trinajstić information content (AvgIpc) is 2.96. The van der Waals surface area contributed by atoms with Gasteiger partial charge in [-0.3, -0.25) is 9.69 Å². The normalized spacial score (nSPS) is 15.8. The van der Waals surface area contributed by atoms with E-state index in [1.807, 2.05) is 18.2 Å². The van der Waals surface area contributed by atoms with Gasteiger partial charge in [0.15, 0.2) is 0 Å². The first-order chi connectivity index (χ1) is 10.8. The van der Waals surface area contributed by atoms with Gasteiger partial charge in [-0.2, -0.15) is 0 Å². The van der Waals surface area contributed by atoms with Gasteiger partial charge in [0.2, 0.25) is 6.41 Å². The van der Waals surface area contributed by atoms with Gasteiger partial charge in [0.25, 0.3) is 0 Å². The summed E-state index contributed by atoms with van der Waals surface area (Å²) in [6, 6.07) is 5.84. The van der Waals surface area contributed by atoms with E-state index in [4.69, 9.17) is 4.74 Å². The van der Waals surface area contributed by atoms with Gasteiger partial charge in [0.05, 0.1) is 17.6 Å². The minimum Gasteiger partial charge on any atom is -0.492 e. The summed E-state index contributed by atoms with van der Waals surface area (Å²) in [6.45, 7) is 4.48. The first-order valence-corrected chi connectivity index (χ1v) is 7.86. The Hall–Kier alpha value is -2.08. The number of likely N-dealkylation sites (tertiary alicyclic amines) is 1. The van der Waals surface area contributed by atoms with Crippen LogP contribution in [0.15, 0.2) is 18.2 Å². The number of carbonyl (C=O) groups excluding carboxylic acids is 1. The molecule has 22 heavy (non-hydrogen) atoms. The number of amides is 1. The molecule has 1 aromatic carbocycles. The highest BCUT2D eigenvalue weighted by atomic mass is 16.5.